The lowest BCUT2D eigenvalue weighted by Gasteiger charge is -2.28. The third-order valence-electron chi connectivity index (χ3n) is 3.94. The van der Waals surface area contributed by atoms with E-state index in [4.69, 9.17) is 11.5 Å². The lowest BCUT2D eigenvalue weighted by molar-refractivity contribution is -0.131. The molecular formula is C14H28N4O2. The molecule has 1 fully saturated rings. The maximum Gasteiger partial charge on any atom is 0.231 e. The molecule has 1 aliphatic carbocycles. The zero-order valence-electron chi connectivity index (χ0n) is 12.5. The van der Waals surface area contributed by atoms with Gasteiger partial charge in [0.2, 0.25) is 11.8 Å². The zero-order valence-corrected chi connectivity index (χ0v) is 12.5. The predicted octanol–water partition coefficient (Wildman–Crippen LogP) is -0.0864. The van der Waals surface area contributed by atoms with Gasteiger partial charge in [0.1, 0.15) is 0 Å². The van der Waals surface area contributed by atoms with Crippen LogP contribution in [0.1, 0.15) is 38.5 Å². The fraction of sp³-hybridized carbons (Fsp3) is 0.857. The van der Waals surface area contributed by atoms with Gasteiger partial charge in [-0.05, 0) is 25.8 Å². The minimum atomic E-state index is -0.319. The van der Waals surface area contributed by atoms with Crippen molar-refractivity contribution in [3.05, 3.63) is 0 Å². The Morgan fingerprint density at radius 2 is 1.85 bits per heavy atom. The molecule has 0 aromatic carbocycles. The van der Waals surface area contributed by atoms with Crippen LogP contribution in [0.2, 0.25) is 0 Å². The summed E-state index contributed by atoms with van der Waals surface area (Å²) in [5.41, 5.74) is 10.7. The summed E-state index contributed by atoms with van der Waals surface area (Å²) in [4.78, 5) is 26.9. The molecule has 6 nitrogen and oxygen atoms in total. The summed E-state index contributed by atoms with van der Waals surface area (Å²) in [5, 5.41) is 0. The first-order valence-electron chi connectivity index (χ1n) is 7.51. The third-order valence-corrected chi connectivity index (χ3v) is 3.94. The van der Waals surface area contributed by atoms with Crippen molar-refractivity contribution in [3.63, 3.8) is 0 Å². The molecule has 0 aromatic heterocycles. The monoisotopic (exact) mass is 284 g/mol. The van der Waals surface area contributed by atoms with E-state index in [0.717, 1.165) is 19.3 Å². The largest absolute Gasteiger partial charge is 0.369 e. The molecule has 0 saturated heterocycles. The van der Waals surface area contributed by atoms with Crippen LogP contribution in [0.4, 0.5) is 0 Å². The molecule has 0 bridgehead atoms. The molecule has 0 aliphatic heterocycles. The lowest BCUT2D eigenvalue weighted by Crippen LogP contribution is -2.42. The van der Waals surface area contributed by atoms with Crippen molar-refractivity contribution >= 4 is 11.8 Å². The Morgan fingerprint density at radius 3 is 2.40 bits per heavy atom. The predicted molar refractivity (Wildman–Crippen MR) is 78.9 cm³/mol. The van der Waals surface area contributed by atoms with Gasteiger partial charge < -0.3 is 16.4 Å². The summed E-state index contributed by atoms with van der Waals surface area (Å²) in [6.07, 6.45) is 5.85. The van der Waals surface area contributed by atoms with E-state index in [2.05, 4.69) is 4.90 Å². The number of carbonyl (C=O) groups excluding carboxylic acids is 2. The van der Waals surface area contributed by atoms with Crippen LogP contribution in [-0.4, -0.2) is 60.9 Å². The van der Waals surface area contributed by atoms with Crippen LogP contribution in [0.25, 0.3) is 0 Å². The van der Waals surface area contributed by atoms with Gasteiger partial charge in [-0.2, -0.15) is 0 Å². The van der Waals surface area contributed by atoms with Gasteiger partial charge in [0.15, 0.2) is 0 Å². The SMILES string of the molecule is CN(CCCN)C(=O)CCN(CC(N)=O)C1CCCC1. The van der Waals surface area contributed by atoms with E-state index in [0.29, 0.717) is 32.1 Å². The number of hydrogen-bond donors (Lipinski definition) is 2. The fourth-order valence-electron chi connectivity index (χ4n) is 2.74. The molecule has 1 aliphatic rings. The molecule has 0 radical (unpaired) electrons. The molecule has 1 rings (SSSR count). The molecule has 4 N–H and O–H groups in total. The Kier molecular flexibility index (Phi) is 7.54. The highest BCUT2D eigenvalue weighted by molar-refractivity contribution is 5.77. The average Bonchev–Trinajstić information content (AvgIpc) is 2.93. The molecule has 2 amide bonds. The maximum atomic E-state index is 12.0. The topological polar surface area (TPSA) is 92.7 Å². The summed E-state index contributed by atoms with van der Waals surface area (Å²) in [5.74, 6) is -0.216. The van der Waals surface area contributed by atoms with Crippen LogP contribution >= 0.6 is 0 Å². The second-order valence-corrected chi connectivity index (χ2v) is 5.58. The van der Waals surface area contributed by atoms with Gasteiger partial charge in [-0.1, -0.05) is 12.8 Å². The van der Waals surface area contributed by atoms with Gasteiger partial charge in [0.25, 0.3) is 0 Å². The van der Waals surface area contributed by atoms with Crippen LogP contribution in [-0.2, 0) is 9.59 Å². The number of amides is 2. The Morgan fingerprint density at radius 1 is 1.20 bits per heavy atom. The van der Waals surface area contributed by atoms with Crippen LogP contribution < -0.4 is 11.5 Å². The van der Waals surface area contributed by atoms with Crippen LogP contribution in [0, 0.1) is 0 Å². The first-order valence-corrected chi connectivity index (χ1v) is 7.51. The highest BCUT2D eigenvalue weighted by Crippen LogP contribution is 2.23. The van der Waals surface area contributed by atoms with Crippen molar-refractivity contribution in [2.45, 2.75) is 44.6 Å². The smallest absolute Gasteiger partial charge is 0.231 e. The molecular weight excluding hydrogens is 256 g/mol. The summed E-state index contributed by atoms with van der Waals surface area (Å²) in [6, 6.07) is 0.407. The molecule has 0 atom stereocenters. The Labute approximate surface area is 121 Å². The molecule has 0 aromatic rings. The molecule has 1 saturated carbocycles. The van der Waals surface area contributed by atoms with Crippen molar-refractivity contribution < 1.29 is 9.59 Å². The quantitative estimate of drug-likeness (QED) is 0.619. The number of rotatable bonds is 9. The highest BCUT2D eigenvalue weighted by Gasteiger charge is 2.24. The van der Waals surface area contributed by atoms with Gasteiger partial charge in [0.05, 0.1) is 6.54 Å². The van der Waals surface area contributed by atoms with E-state index >= 15 is 0 Å². The molecule has 0 heterocycles. The van der Waals surface area contributed by atoms with Crippen molar-refractivity contribution in [2.24, 2.45) is 11.5 Å². The minimum Gasteiger partial charge on any atom is -0.369 e. The van der Waals surface area contributed by atoms with Crippen molar-refractivity contribution in [1.29, 1.82) is 0 Å². The first-order chi connectivity index (χ1) is 9.54. The van der Waals surface area contributed by atoms with Crippen molar-refractivity contribution in [2.75, 3.05) is 33.2 Å². The Balaban J connectivity index is 2.40. The summed E-state index contributed by atoms with van der Waals surface area (Å²) >= 11 is 0. The molecule has 20 heavy (non-hydrogen) atoms. The number of hydrogen-bond acceptors (Lipinski definition) is 4. The number of primary amides is 1. The maximum absolute atomic E-state index is 12.0. The molecule has 0 unspecified atom stereocenters. The highest BCUT2D eigenvalue weighted by atomic mass is 16.2. The van der Waals surface area contributed by atoms with E-state index < -0.39 is 0 Å². The van der Waals surface area contributed by atoms with E-state index in [9.17, 15) is 9.59 Å². The number of nitrogens with two attached hydrogens (primary N) is 2. The zero-order chi connectivity index (χ0) is 15.0. The van der Waals surface area contributed by atoms with Crippen LogP contribution in [0.3, 0.4) is 0 Å². The van der Waals surface area contributed by atoms with Gasteiger partial charge in [-0.25, -0.2) is 0 Å². The van der Waals surface area contributed by atoms with Crippen LogP contribution in [0.5, 0.6) is 0 Å². The number of carbonyl (C=O) groups is 2. The fourth-order valence-corrected chi connectivity index (χ4v) is 2.74. The van der Waals surface area contributed by atoms with Crippen LogP contribution in [0.15, 0.2) is 0 Å². The van der Waals surface area contributed by atoms with E-state index in [1.165, 1.54) is 12.8 Å². The second-order valence-electron chi connectivity index (χ2n) is 5.58. The number of nitrogens with zero attached hydrogens (tertiary/aromatic N) is 2. The average molecular weight is 284 g/mol. The first kappa shape index (κ1) is 16.9. The normalized spacial score (nSPS) is 15.8. The van der Waals surface area contributed by atoms with Gasteiger partial charge >= 0.3 is 0 Å². The lowest BCUT2D eigenvalue weighted by atomic mass is 10.2. The standard InChI is InChI=1S/C14H28N4O2/c1-17(9-4-8-15)14(20)7-10-18(11-13(16)19)12-5-2-3-6-12/h12H,2-11,15H2,1H3,(H2,16,19). The molecule has 116 valence electrons. The Hall–Kier alpha value is -1.14. The van der Waals surface area contributed by atoms with Crippen molar-refractivity contribution in [1.82, 2.24) is 9.80 Å². The summed E-state index contributed by atoms with van der Waals surface area (Å²) in [6.45, 7) is 2.14. The summed E-state index contributed by atoms with van der Waals surface area (Å²) in [7, 11) is 1.80. The second kappa shape index (κ2) is 8.92. The Bertz CT molecular complexity index is 316. The van der Waals surface area contributed by atoms with E-state index in [1.807, 2.05) is 0 Å². The summed E-state index contributed by atoms with van der Waals surface area (Å²) < 4.78 is 0. The van der Waals surface area contributed by atoms with Gasteiger partial charge in [0, 0.05) is 32.6 Å². The third kappa shape index (κ3) is 5.88. The molecule has 0 spiro atoms. The van der Waals surface area contributed by atoms with Gasteiger partial charge in [-0.3, -0.25) is 14.5 Å². The van der Waals surface area contributed by atoms with E-state index in [1.54, 1.807) is 11.9 Å². The van der Waals surface area contributed by atoms with Gasteiger partial charge in [-0.15, -0.1) is 0 Å². The minimum absolute atomic E-state index is 0.103. The van der Waals surface area contributed by atoms with Crippen molar-refractivity contribution in [3.8, 4) is 0 Å². The molecule has 6 heteroatoms. The van der Waals surface area contributed by atoms with E-state index in [-0.39, 0.29) is 18.4 Å².